The third-order valence-electron chi connectivity index (χ3n) is 0.667. The van der Waals surface area contributed by atoms with Gasteiger partial charge in [0, 0.05) is 22.4 Å². The maximum absolute atomic E-state index is 2.00. The summed E-state index contributed by atoms with van der Waals surface area (Å²) in [5.74, 6) is 0. The van der Waals surface area contributed by atoms with Crippen LogP contribution >= 0.6 is 0 Å². The van der Waals surface area contributed by atoms with Gasteiger partial charge in [-0.15, -0.1) is 0 Å². The van der Waals surface area contributed by atoms with Crippen molar-refractivity contribution >= 4 is 0 Å². The quantitative estimate of drug-likeness (QED) is 0.540. The predicted octanol–water partition coefficient (Wildman–Crippen LogP) is 1.68. The first-order chi connectivity index (χ1) is 3.00. The summed E-state index contributed by atoms with van der Waals surface area (Å²) in [5.41, 5.74) is 0. The summed E-state index contributed by atoms with van der Waals surface area (Å²) in [6, 6.07) is 12.0. The second-order valence-electron chi connectivity index (χ2n) is 1.15. The molecule has 0 saturated carbocycles. The van der Waals surface area contributed by atoms with E-state index in [2.05, 4.69) is 0 Å². The maximum Gasteiger partial charge on any atom is 0 e. The molecule has 0 aromatic heterocycles. The van der Waals surface area contributed by atoms with E-state index in [0.29, 0.717) is 0 Å². The Labute approximate surface area is 59.1 Å². The summed E-state index contributed by atoms with van der Waals surface area (Å²) in [7, 11) is 0. The summed E-state index contributed by atoms with van der Waals surface area (Å²) in [6.07, 6.45) is 0. The van der Waals surface area contributed by atoms with Crippen LogP contribution in [0.3, 0.4) is 0 Å². The molecule has 0 atom stereocenters. The zero-order valence-corrected chi connectivity index (χ0v) is 5.25. The van der Waals surface area contributed by atoms with E-state index >= 15 is 0 Å². The summed E-state index contributed by atoms with van der Waals surface area (Å²) in [5, 5.41) is 0. The average molecular weight is 186 g/mol. The van der Waals surface area contributed by atoms with E-state index in [1.807, 2.05) is 36.4 Å². The van der Waals surface area contributed by atoms with E-state index in [-0.39, 0.29) is 22.4 Å². The Kier molecular flexibility index (Phi) is 4.10. The predicted molar refractivity (Wildman–Crippen MR) is 26.4 cm³/mol. The van der Waals surface area contributed by atoms with Gasteiger partial charge in [0.2, 0.25) is 0 Å². The van der Waals surface area contributed by atoms with Gasteiger partial charge in [0.25, 0.3) is 0 Å². The molecule has 1 radical (unpaired) electrons. The third kappa shape index (κ3) is 2.63. The van der Waals surface area contributed by atoms with Crippen LogP contribution < -0.4 is 0 Å². The summed E-state index contributed by atoms with van der Waals surface area (Å²) < 4.78 is 0. The van der Waals surface area contributed by atoms with Gasteiger partial charge in [0.05, 0.1) is 0 Å². The Morgan fingerprint density at radius 3 is 0.714 bits per heavy atom. The van der Waals surface area contributed by atoms with Crippen LogP contribution in [0.15, 0.2) is 36.4 Å². The molecule has 0 heterocycles. The zero-order valence-electron chi connectivity index (χ0n) is 3.77. The van der Waals surface area contributed by atoms with Gasteiger partial charge in [-0.2, -0.15) is 0 Å². The Bertz CT molecular complexity index is 76.1. The second kappa shape index (κ2) is 4.13. The minimum absolute atomic E-state index is 0. The molecular weight excluding hydrogens is 180 g/mol. The molecule has 0 aliphatic carbocycles. The van der Waals surface area contributed by atoms with Gasteiger partial charge in [-0.25, -0.2) is 0 Å². The third-order valence-corrected chi connectivity index (χ3v) is 0.667. The molecular formula is C6H6Ag. The van der Waals surface area contributed by atoms with Crippen molar-refractivity contribution < 1.29 is 22.4 Å². The van der Waals surface area contributed by atoms with Crippen LogP contribution in [-0.2, 0) is 22.4 Å². The van der Waals surface area contributed by atoms with E-state index in [1.165, 1.54) is 0 Å². The van der Waals surface area contributed by atoms with Crippen molar-refractivity contribution in [1.82, 2.24) is 0 Å². The van der Waals surface area contributed by atoms with Gasteiger partial charge in [0.1, 0.15) is 0 Å². The topological polar surface area (TPSA) is 0 Å². The van der Waals surface area contributed by atoms with Crippen LogP contribution in [0.4, 0.5) is 0 Å². The van der Waals surface area contributed by atoms with Crippen LogP contribution in [0.25, 0.3) is 0 Å². The fraction of sp³-hybridized carbons (Fsp3) is 0. The molecule has 0 nitrogen and oxygen atoms in total. The second-order valence-corrected chi connectivity index (χ2v) is 1.15. The summed E-state index contributed by atoms with van der Waals surface area (Å²) in [6.45, 7) is 0. The normalized spacial score (nSPS) is 6.86. The number of hydrogen-bond donors (Lipinski definition) is 0. The summed E-state index contributed by atoms with van der Waals surface area (Å²) >= 11 is 0. The van der Waals surface area contributed by atoms with Crippen molar-refractivity contribution in [2.24, 2.45) is 0 Å². The van der Waals surface area contributed by atoms with Crippen molar-refractivity contribution in [3.05, 3.63) is 36.4 Å². The molecule has 0 N–H and O–H groups in total. The molecule has 1 heteroatoms. The molecule has 1 aromatic rings. The van der Waals surface area contributed by atoms with E-state index < -0.39 is 0 Å². The van der Waals surface area contributed by atoms with Crippen molar-refractivity contribution in [2.75, 3.05) is 0 Å². The number of benzene rings is 1. The van der Waals surface area contributed by atoms with Crippen LogP contribution in [0, 0.1) is 0 Å². The first-order valence-corrected chi connectivity index (χ1v) is 2.00. The molecule has 0 aliphatic rings. The standard InChI is InChI=1S/C6H6.Ag/c1-2-4-6-5-3-1;/h1-6H;. The minimum Gasteiger partial charge on any atom is -0.0623 e. The fourth-order valence-electron chi connectivity index (χ4n) is 0.385. The van der Waals surface area contributed by atoms with Crippen molar-refractivity contribution in [2.45, 2.75) is 0 Å². The Morgan fingerprint density at radius 2 is 0.571 bits per heavy atom. The SMILES string of the molecule is [Ag].c1ccccc1. The van der Waals surface area contributed by atoms with Crippen LogP contribution in [0.5, 0.6) is 0 Å². The van der Waals surface area contributed by atoms with Crippen molar-refractivity contribution in [3.8, 4) is 0 Å². The molecule has 0 saturated heterocycles. The number of rotatable bonds is 0. The molecule has 0 unspecified atom stereocenters. The van der Waals surface area contributed by atoms with Crippen molar-refractivity contribution in [1.29, 1.82) is 0 Å². The van der Waals surface area contributed by atoms with Gasteiger partial charge in [-0.05, 0) is 0 Å². The zero-order chi connectivity index (χ0) is 4.24. The van der Waals surface area contributed by atoms with Crippen molar-refractivity contribution in [3.63, 3.8) is 0 Å². The van der Waals surface area contributed by atoms with Gasteiger partial charge in [0.15, 0.2) is 0 Å². The monoisotopic (exact) mass is 185 g/mol. The Morgan fingerprint density at radius 1 is 0.429 bits per heavy atom. The van der Waals surface area contributed by atoms with E-state index in [0.717, 1.165) is 0 Å². The minimum atomic E-state index is 0. The molecule has 41 valence electrons. The van der Waals surface area contributed by atoms with Crippen LogP contribution in [-0.4, -0.2) is 0 Å². The van der Waals surface area contributed by atoms with Crippen LogP contribution in [0.1, 0.15) is 0 Å². The molecule has 0 spiro atoms. The first kappa shape index (κ1) is 6.96. The van der Waals surface area contributed by atoms with E-state index in [1.54, 1.807) is 0 Å². The van der Waals surface area contributed by atoms with Crippen LogP contribution in [0.2, 0.25) is 0 Å². The Balaban J connectivity index is 0.000000360. The molecule has 0 aliphatic heterocycles. The molecule has 0 fully saturated rings. The first-order valence-electron chi connectivity index (χ1n) is 2.00. The van der Waals surface area contributed by atoms with E-state index in [4.69, 9.17) is 0 Å². The molecule has 7 heavy (non-hydrogen) atoms. The molecule has 1 aromatic carbocycles. The van der Waals surface area contributed by atoms with E-state index in [9.17, 15) is 0 Å². The van der Waals surface area contributed by atoms with Gasteiger partial charge < -0.3 is 0 Å². The fourth-order valence-corrected chi connectivity index (χ4v) is 0.385. The van der Waals surface area contributed by atoms with Gasteiger partial charge >= 0.3 is 0 Å². The molecule has 1 rings (SSSR count). The van der Waals surface area contributed by atoms with Gasteiger partial charge in [-0.3, -0.25) is 0 Å². The maximum atomic E-state index is 2.00. The summed E-state index contributed by atoms with van der Waals surface area (Å²) in [4.78, 5) is 0. The average Bonchev–Trinajstić information content (AvgIpc) is 1.72. The Hall–Kier alpha value is -0.0397. The smallest absolute Gasteiger partial charge is 0 e. The largest absolute Gasteiger partial charge is 0.0623 e. The molecule has 0 bridgehead atoms. The number of hydrogen-bond acceptors (Lipinski definition) is 0. The molecule has 0 amide bonds. The van der Waals surface area contributed by atoms with Gasteiger partial charge in [-0.1, -0.05) is 36.4 Å².